The van der Waals surface area contributed by atoms with E-state index in [0.717, 1.165) is 35.6 Å². The first-order valence-corrected chi connectivity index (χ1v) is 12.6. The maximum absolute atomic E-state index is 13.1. The molecule has 8 heteroatoms. The van der Waals surface area contributed by atoms with E-state index in [2.05, 4.69) is 24.4 Å². The Hall–Kier alpha value is -3.26. The average molecular weight is 479 g/mol. The Morgan fingerprint density at radius 3 is 2.50 bits per heavy atom. The first-order chi connectivity index (χ1) is 16.6. The van der Waals surface area contributed by atoms with Gasteiger partial charge in [0.1, 0.15) is 11.8 Å². The Morgan fingerprint density at radius 2 is 1.79 bits per heavy atom. The van der Waals surface area contributed by atoms with Gasteiger partial charge in [-0.05, 0) is 43.0 Å². The van der Waals surface area contributed by atoms with Gasteiger partial charge in [0.25, 0.3) is 0 Å². The van der Waals surface area contributed by atoms with E-state index in [4.69, 9.17) is 19.6 Å². The summed E-state index contributed by atoms with van der Waals surface area (Å²) >= 11 is 1.56. The first-order valence-electron chi connectivity index (χ1n) is 11.6. The van der Waals surface area contributed by atoms with Crippen molar-refractivity contribution in [3.63, 3.8) is 0 Å². The number of benzene rings is 2. The van der Waals surface area contributed by atoms with Gasteiger partial charge in [-0.2, -0.15) is 4.98 Å². The highest BCUT2D eigenvalue weighted by Crippen LogP contribution is 2.37. The summed E-state index contributed by atoms with van der Waals surface area (Å²) in [7, 11) is 0. The van der Waals surface area contributed by atoms with Crippen LogP contribution in [0.25, 0.3) is 0 Å². The highest BCUT2D eigenvalue weighted by Gasteiger charge is 2.35. The van der Waals surface area contributed by atoms with Gasteiger partial charge in [-0.3, -0.25) is 0 Å². The lowest BCUT2D eigenvalue weighted by Gasteiger charge is -2.28. The lowest BCUT2D eigenvalue weighted by molar-refractivity contribution is -0.139. The number of carbonyl (C=O) groups excluding carboxylic acids is 1. The lowest BCUT2D eigenvalue weighted by Crippen LogP contribution is -2.29. The van der Waals surface area contributed by atoms with Crippen LogP contribution in [-0.4, -0.2) is 33.9 Å². The van der Waals surface area contributed by atoms with Crippen LogP contribution in [0.1, 0.15) is 50.8 Å². The maximum Gasteiger partial charge on any atom is 0.338 e. The fourth-order valence-corrected chi connectivity index (χ4v) is 4.51. The summed E-state index contributed by atoms with van der Waals surface area (Å²) in [5.41, 5.74) is 3.37. The number of allylic oxidation sites excluding steroid dienone is 1. The second-order valence-corrected chi connectivity index (χ2v) is 9.00. The largest absolute Gasteiger partial charge is 0.494 e. The summed E-state index contributed by atoms with van der Waals surface area (Å²) in [6.45, 7) is 6.96. The van der Waals surface area contributed by atoms with Gasteiger partial charge >= 0.3 is 5.97 Å². The Labute approximate surface area is 204 Å². The molecule has 7 nitrogen and oxygen atoms in total. The Balaban J connectivity index is 1.66. The third-order valence-electron chi connectivity index (χ3n) is 5.37. The van der Waals surface area contributed by atoms with Crippen LogP contribution >= 0.6 is 11.8 Å². The molecule has 1 N–H and O–H groups in total. The number of fused-ring (bicyclic) bond motifs is 1. The Bertz CT molecular complexity index is 1140. The molecule has 2 aromatic carbocycles. The second kappa shape index (κ2) is 11.2. The molecule has 0 amide bonds. The van der Waals surface area contributed by atoms with Crippen LogP contribution in [0.5, 0.6) is 5.75 Å². The number of nitrogens with zero attached hydrogens (tertiary/aromatic N) is 3. The van der Waals surface area contributed by atoms with E-state index in [9.17, 15) is 4.79 Å². The maximum atomic E-state index is 13.1. The predicted octanol–water partition coefficient (Wildman–Crippen LogP) is 5.60. The summed E-state index contributed by atoms with van der Waals surface area (Å²) in [6.07, 6.45) is 1.70. The van der Waals surface area contributed by atoms with E-state index in [0.29, 0.717) is 29.9 Å². The van der Waals surface area contributed by atoms with Crippen LogP contribution in [-0.2, 0) is 15.3 Å². The summed E-state index contributed by atoms with van der Waals surface area (Å²) < 4.78 is 13.1. The molecule has 1 aliphatic heterocycles. The van der Waals surface area contributed by atoms with Crippen LogP contribution in [0.2, 0.25) is 0 Å². The van der Waals surface area contributed by atoms with Gasteiger partial charge in [0.15, 0.2) is 0 Å². The van der Waals surface area contributed by atoms with Crippen molar-refractivity contribution >= 4 is 23.7 Å². The molecule has 0 fully saturated rings. The lowest BCUT2D eigenvalue weighted by atomic mass is 9.96. The highest BCUT2D eigenvalue weighted by molar-refractivity contribution is 7.98. The molecule has 2 heterocycles. The summed E-state index contributed by atoms with van der Waals surface area (Å²) in [5.74, 6) is 1.82. The number of anilines is 1. The van der Waals surface area contributed by atoms with Crippen LogP contribution in [0.4, 0.5) is 5.95 Å². The molecule has 1 atom stereocenters. The van der Waals surface area contributed by atoms with Gasteiger partial charge in [0.05, 0.1) is 18.8 Å². The topological polar surface area (TPSA) is 78.3 Å². The standard InChI is InChI=1S/C26H30N4O3S/c1-4-15-32-21-13-11-20(12-14-21)23-22(24(31)33-16-5-2)18(3)27-25-28-26(29-30(23)25)34-17-19-9-7-6-8-10-19/h6-14,23H,4-5,15-17H2,1-3H3,(H,27,28,29). The third-order valence-corrected chi connectivity index (χ3v) is 6.28. The summed E-state index contributed by atoms with van der Waals surface area (Å²) in [4.78, 5) is 17.8. The van der Waals surface area contributed by atoms with E-state index in [-0.39, 0.29) is 5.97 Å². The molecule has 34 heavy (non-hydrogen) atoms. The number of rotatable bonds is 10. The van der Waals surface area contributed by atoms with Gasteiger partial charge in [-0.15, -0.1) is 5.10 Å². The predicted molar refractivity (Wildman–Crippen MR) is 134 cm³/mol. The first kappa shape index (κ1) is 23.9. The molecule has 1 aromatic heterocycles. The van der Waals surface area contributed by atoms with Crippen molar-refractivity contribution in [2.45, 2.75) is 50.6 Å². The van der Waals surface area contributed by atoms with E-state index in [1.165, 1.54) is 5.56 Å². The molecule has 0 aliphatic carbocycles. The molecule has 0 saturated carbocycles. The quantitative estimate of drug-likeness (QED) is 0.300. The zero-order valence-corrected chi connectivity index (χ0v) is 20.6. The van der Waals surface area contributed by atoms with Gasteiger partial charge < -0.3 is 14.8 Å². The van der Waals surface area contributed by atoms with Crippen molar-refractivity contribution in [2.75, 3.05) is 18.5 Å². The smallest absolute Gasteiger partial charge is 0.338 e. The summed E-state index contributed by atoms with van der Waals surface area (Å²) in [5, 5.41) is 8.68. The third kappa shape index (κ3) is 5.44. The number of aromatic nitrogens is 3. The van der Waals surface area contributed by atoms with Crippen molar-refractivity contribution in [1.82, 2.24) is 14.8 Å². The van der Waals surface area contributed by atoms with E-state index < -0.39 is 6.04 Å². The zero-order valence-electron chi connectivity index (χ0n) is 19.8. The molecule has 0 radical (unpaired) electrons. The molecule has 0 bridgehead atoms. The normalized spacial score (nSPS) is 15.0. The van der Waals surface area contributed by atoms with E-state index in [1.807, 2.05) is 56.3 Å². The Kier molecular flexibility index (Phi) is 7.90. The van der Waals surface area contributed by atoms with Gasteiger partial charge in [-0.25, -0.2) is 9.48 Å². The van der Waals surface area contributed by atoms with Crippen molar-refractivity contribution < 1.29 is 14.3 Å². The van der Waals surface area contributed by atoms with Crippen molar-refractivity contribution in [2.24, 2.45) is 0 Å². The van der Waals surface area contributed by atoms with Gasteiger partial charge in [0, 0.05) is 11.4 Å². The molecule has 1 aliphatic rings. The minimum absolute atomic E-state index is 0.345. The summed E-state index contributed by atoms with van der Waals surface area (Å²) in [6, 6.07) is 17.6. The molecule has 1 unspecified atom stereocenters. The van der Waals surface area contributed by atoms with Gasteiger partial charge in [-0.1, -0.05) is 68.1 Å². The molecular formula is C26H30N4O3S. The van der Waals surface area contributed by atoms with Crippen LogP contribution in [0.15, 0.2) is 71.0 Å². The molecule has 178 valence electrons. The highest BCUT2D eigenvalue weighted by atomic mass is 32.2. The van der Waals surface area contributed by atoms with Crippen molar-refractivity contribution in [3.8, 4) is 5.75 Å². The second-order valence-electron chi connectivity index (χ2n) is 8.06. The van der Waals surface area contributed by atoms with E-state index in [1.54, 1.807) is 16.4 Å². The number of carbonyl (C=O) groups is 1. The number of ether oxygens (including phenoxy) is 2. The van der Waals surface area contributed by atoms with Crippen LogP contribution in [0.3, 0.4) is 0 Å². The number of hydrogen-bond acceptors (Lipinski definition) is 7. The minimum Gasteiger partial charge on any atom is -0.494 e. The molecule has 0 saturated heterocycles. The van der Waals surface area contributed by atoms with Crippen molar-refractivity contribution in [1.29, 1.82) is 0 Å². The molecule has 0 spiro atoms. The molecule has 3 aromatic rings. The minimum atomic E-state index is -0.445. The fourth-order valence-electron chi connectivity index (χ4n) is 3.73. The number of nitrogens with one attached hydrogen (secondary N) is 1. The molecular weight excluding hydrogens is 448 g/mol. The number of esters is 1. The van der Waals surface area contributed by atoms with E-state index >= 15 is 0 Å². The van der Waals surface area contributed by atoms with Crippen LogP contribution in [0, 0.1) is 0 Å². The van der Waals surface area contributed by atoms with Crippen LogP contribution < -0.4 is 10.1 Å². The molecule has 4 rings (SSSR count). The number of thioether (sulfide) groups is 1. The zero-order chi connectivity index (χ0) is 23.9. The SMILES string of the molecule is CCCOC(=O)C1=C(C)Nc2nc(SCc3ccccc3)nn2C1c1ccc(OCCC)cc1. The monoisotopic (exact) mass is 478 g/mol. The Morgan fingerprint density at radius 1 is 1.06 bits per heavy atom. The van der Waals surface area contributed by atoms with Crippen molar-refractivity contribution in [3.05, 3.63) is 77.0 Å². The fraction of sp³-hybridized carbons (Fsp3) is 0.346. The number of hydrogen-bond donors (Lipinski definition) is 1. The average Bonchev–Trinajstić information content (AvgIpc) is 3.27. The van der Waals surface area contributed by atoms with Gasteiger partial charge in [0.2, 0.25) is 11.1 Å².